The molecule has 0 atom stereocenters. The molecule has 0 aromatic heterocycles. The van der Waals surface area contributed by atoms with Crippen LogP contribution in [0.4, 0.5) is 5.69 Å². The van der Waals surface area contributed by atoms with Crippen LogP contribution in [-0.2, 0) is 14.4 Å². The van der Waals surface area contributed by atoms with E-state index >= 15 is 0 Å². The van der Waals surface area contributed by atoms with E-state index in [1.54, 1.807) is 24.3 Å². The summed E-state index contributed by atoms with van der Waals surface area (Å²) in [6.07, 6.45) is 3.10. The van der Waals surface area contributed by atoms with Gasteiger partial charge in [-0.2, -0.15) is 5.10 Å². The molecule has 0 spiro atoms. The van der Waals surface area contributed by atoms with Crippen molar-refractivity contribution in [3.63, 3.8) is 0 Å². The number of nitrogens with zero attached hydrogens (tertiary/aromatic N) is 1. The summed E-state index contributed by atoms with van der Waals surface area (Å²) in [6.45, 7) is -0.297. The Hall–Kier alpha value is -2.82. The molecule has 0 saturated heterocycles. The molecule has 3 amide bonds. The largest absolute Gasteiger partial charge is 0.493 e. The van der Waals surface area contributed by atoms with Gasteiger partial charge in [0.2, 0.25) is 0 Å². The van der Waals surface area contributed by atoms with Gasteiger partial charge >= 0.3 is 11.8 Å². The fraction of sp³-hybridized carbons (Fsp3) is 0.238. The van der Waals surface area contributed by atoms with Gasteiger partial charge in [0.05, 0.1) is 27.8 Å². The number of anilines is 1. The zero-order valence-corrected chi connectivity index (χ0v) is 20.4. The number of amides is 3. The highest BCUT2D eigenvalue weighted by molar-refractivity contribution is 9.10. The predicted molar refractivity (Wildman–Crippen MR) is 128 cm³/mol. The van der Waals surface area contributed by atoms with E-state index in [4.69, 9.17) is 32.7 Å². The third-order valence-corrected chi connectivity index (χ3v) is 5.63. The van der Waals surface area contributed by atoms with Crippen LogP contribution in [0.15, 0.2) is 39.9 Å². The highest BCUT2D eigenvalue weighted by atomic mass is 79.9. The summed E-state index contributed by atoms with van der Waals surface area (Å²) in [4.78, 5) is 35.6. The number of methoxy groups -OCH3 is 1. The molecular formula is C21H19BrCl2N4O5. The quantitative estimate of drug-likeness (QED) is 0.261. The first kappa shape index (κ1) is 24.8. The Morgan fingerprint density at radius 3 is 2.58 bits per heavy atom. The van der Waals surface area contributed by atoms with Crippen LogP contribution in [0.1, 0.15) is 18.4 Å². The van der Waals surface area contributed by atoms with E-state index in [2.05, 4.69) is 37.1 Å². The van der Waals surface area contributed by atoms with Crippen LogP contribution in [0, 0.1) is 0 Å². The van der Waals surface area contributed by atoms with E-state index in [9.17, 15) is 14.4 Å². The van der Waals surface area contributed by atoms with Gasteiger partial charge in [-0.15, -0.1) is 0 Å². The molecular weight excluding hydrogens is 539 g/mol. The molecule has 1 aliphatic carbocycles. The SMILES string of the molecule is COc1cc(/C=N\NC(=O)C(=O)NC2CC2)cc(Br)c1OCC(=O)Nc1ccc(Cl)c(Cl)c1. The summed E-state index contributed by atoms with van der Waals surface area (Å²) < 4.78 is 11.4. The zero-order valence-electron chi connectivity index (χ0n) is 17.3. The van der Waals surface area contributed by atoms with Gasteiger partial charge in [0, 0.05) is 11.7 Å². The molecule has 3 N–H and O–H groups in total. The molecule has 2 aromatic rings. The van der Waals surface area contributed by atoms with Crippen molar-refractivity contribution in [1.82, 2.24) is 10.7 Å². The normalized spacial score (nSPS) is 12.8. The van der Waals surface area contributed by atoms with Crippen LogP contribution in [0.25, 0.3) is 0 Å². The summed E-state index contributed by atoms with van der Waals surface area (Å²) in [7, 11) is 1.44. The molecule has 0 radical (unpaired) electrons. The minimum Gasteiger partial charge on any atom is -0.493 e. The summed E-state index contributed by atoms with van der Waals surface area (Å²) in [5.74, 6) is -1.37. The Labute approximate surface area is 207 Å². The maximum Gasteiger partial charge on any atom is 0.329 e. The minimum atomic E-state index is -0.850. The highest BCUT2D eigenvalue weighted by Gasteiger charge is 2.26. The summed E-state index contributed by atoms with van der Waals surface area (Å²) in [5.41, 5.74) is 3.19. The first-order valence-electron chi connectivity index (χ1n) is 9.66. The molecule has 1 saturated carbocycles. The van der Waals surface area contributed by atoms with Crippen molar-refractivity contribution in [1.29, 1.82) is 0 Å². The molecule has 3 rings (SSSR count). The van der Waals surface area contributed by atoms with E-state index in [0.29, 0.717) is 37.3 Å². The Balaban J connectivity index is 1.58. The molecule has 0 heterocycles. The van der Waals surface area contributed by atoms with E-state index in [1.165, 1.54) is 19.4 Å². The van der Waals surface area contributed by atoms with Crippen LogP contribution < -0.4 is 25.5 Å². The number of hydrogen-bond donors (Lipinski definition) is 3. The van der Waals surface area contributed by atoms with Crippen molar-refractivity contribution >= 4 is 68.8 Å². The van der Waals surface area contributed by atoms with E-state index < -0.39 is 17.7 Å². The number of carbonyl (C=O) groups excluding carboxylic acids is 3. The van der Waals surface area contributed by atoms with Crippen LogP contribution >= 0.6 is 39.1 Å². The third-order valence-electron chi connectivity index (χ3n) is 4.30. The number of hydrogen-bond acceptors (Lipinski definition) is 6. The van der Waals surface area contributed by atoms with Gasteiger partial charge in [0.1, 0.15) is 0 Å². The van der Waals surface area contributed by atoms with Crippen molar-refractivity contribution < 1.29 is 23.9 Å². The lowest BCUT2D eigenvalue weighted by Crippen LogP contribution is -2.38. The molecule has 0 bridgehead atoms. The van der Waals surface area contributed by atoms with E-state index in [0.717, 1.165) is 12.8 Å². The average Bonchev–Trinajstić information content (AvgIpc) is 3.59. The number of ether oxygens (including phenoxy) is 2. The number of benzene rings is 2. The van der Waals surface area contributed by atoms with Gasteiger partial charge in [-0.05, 0) is 64.7 Å². The Morgan fingerprint density at radius 2 is 1.91 bits per heavy atom. The monoisotopic (exact) mass is 556 g/mol. The topological polar surface area (TPSA) is 118 Å². The lowest BCUT2D eigenvalue weighted by Gasteiger charge is -2.13. The van der Waals surface area contributed by atoms with Crippen molar-refractivity contribution in [3.8, 4) is 11.5 Å². The first-order chi connectivity index (χ1) is 15.8. The molecule has 1 fully saturated rings. The van der Waals surface area contributed by atoms with Crippen molar-refractivity contribution in [2.75, 3.05) is 19.0 Å². The fourth-order valence-electron chi connectivity index (χ4n) is 2.56. The summed E-state index contributed by atoms with van der Waals surface area (Å²) in [6, 6.07) is 8.03. The van der Waals surface area contributed by atoms with Gasteiger partial charge in [-0.3, -0.25) is 14.4 Å². The van der Waals surface area contributed by atoms with Gasteiger partial charge < -0.3 is 20.1 Å². The van der Waals surface area contributed by atoms with Gasteiger partial charge in [-0.25, -0.2) is 5.43 Å². The molecule has 9 nitrogen and oxygen atoms in total. The second-order valence-electron chi connectivity index (χ2n) is 6.95. The van der Waals surface area contributed by atoms with Gasteiger partial charge in [-0.1, -0.05) is 23.2 Å². The van der Waals surface area contributed by atoms with Crippen LogP contribution in [0.2, 0.25) is 10.0 Å². The lowest BCUT2D eigenvalue weighted by molar-refractivity contribution is -0.139. The summed E-state index contributed by atoms with van der Waals surface area (Å²) >= 11 is 15.2. The molecule has 0 aliphatic heterocycles. The minimum absolute atomic E-state index is 0.0751. The summed E-state index contributed by atoms with van der Waals surface area (Å²) in [5, 5.41) is 9.70. The number of rotatable bonds is 8. The molecule has 174 valence electrons. The van der Waals surface area contributed by atoms with Crippen molar-refractivity contribution in [2.24, 2.45) is 5.10 Å². The Bertz CT molecular complexity index is 1110. The molecule has 2 aromatic carbocycles. The third kappa shape index (κ3) is 7.34. The number of hydrazone groups is 1. The zero-order chi connectivity index (χ0) is 24.0. The number of halogens is 3. The average molecular weight is 558 g/mol. The van der Waals surface area contributed by atoms with Crippen molar-refractivity contribution in [2.45, 2.75) is 18.9 Å². The molecule has 0 unspecified atom stereocenters. The standard InChI is InChI=1S/C21H19BrCl2N4O5/c1-32-17-7-11(9-25-28-21(31)20(30)27-12-2-3-12)6-14(22)19(17)33-10-18(29)26-13-4-5-15(23)16(24)8-13/h4-9,12H,2-3,10H2,1H3,(H,26,29)(H,27,30)(H,28,31)/b25-9-. The fourth-order valence-corrected chi connectivity index (χ4v) is 3.43. The van der Waals surface area contributed by atoms with E-state index in [1.807, 2.05) is 0 Å². The van der Waals surface area contributed by atoms with Crippen molar-refractivity contribution in [3.05, 3.63) is 50.4 Å². The Morgan fingerprint density at radius 1 is 1.15 bits per heavy atom. The second kappa shape index (κ2) is 11.4. The molecule has 12 heteroatoms. The first-order valence-corrected chi connectivity index (χ1v) is 11.2. The van der Waals surface area contributed by atoms with E-state index in [-0.39, 0.29) is 12.6 Å². The maximum atomic E-state index is 12.2. The molecule has 1 aliphatic rings. The number of carbonyl (C=O) groups is 3. The second-order valence-corrected chi connectivity index (χ2v) is 8.62. The predicted octanol–water partition coefficient (Wildman–Crippen LogP) is 3.51. The molecule has 33 heavy (non-hydrogen) atoms. The van der Waals surface area contributed by atoms with Crippen LogP contribution in [0.5, 0.6) is 11.5 Å². The highest BCUT2D eigenvalue weighted by Crippen LogP contribution is 2.36. The smallest absolute Gasteiger partial charge is 0.329 e. The van der Waals surface area contributed by atoms with Gasteiger partial charge in [0.15, 0.2) is 18.1 Å². The van der Waals surface area contributed by atoms with Gasteiger partial charge in [0.25, 0.3) is 5.91 Å². The Kier molecular flexibility index (Phi) is 8.54. The number of nitrogens with one attached hydrogen (secondary N) is 3. The lowest BCUT2D eigenvalue weighted by atomic mass is 10.2. The van der Waals surface area contributed by atoms with Crippen LogP contribution in [-0.4, -0.2) is 43.7 Å². The van der Waals surface area contributed by atoms with Crippen LogP contribution in [0.3, 0.4) is 0 Å². The maximum absolute atomic E-state index is 12.2.